The number of benzene rings is 1. The van der Waals surface area contributed by atoms with E-state index in [0.717, 1.165) is 30.8 Å². The van der Waals surface area contributed by atoms with Crippen molar-refractivity contribution in [3.05, 3.63) is 24.3 Å². The first kappa shape index (κ1) is 15.8. The predicted octanol–water partition coefficient (Wildman–Crippen LogP) is 2.97. The van der Waals surface area contributed by atoms with Crippen molar-refractivity contribution in [2.45, 2.75) is 58.7 Å². The molecule has 1 aliphatic rings. The zero-order valence-electron chi connectivity index (χ0n) is 13.4. The second-order valence-electron chi connectivity index (χ2n) is 5.99. The highest BCUT2D eigenvalue weighted by atomic mass is 16.5. The molecule has 116 valence electrons. The molecule has 1 aliphatic heterocycles. The van der Waals surface area contributed by atoms with Crippen LogP contribution >= 0.6 is 0 Å². The summed E-state index contributed by atoms with van der Waals surface area (Å²) < 4.78 is 5.84. The lowest BCUT2D eigenvalue weighted by Gasteiger charge is -2.20. The van der Waals surface area contributed by atoms with E-state index in [0.29, 0.717) is 6.04 Å². The number of carbonyl (C=O) groups is 1. The molecule has 0 bridgehead atoms. The minimum absolute atomic E-state index is 0.0656. The summed E-state index contributed by atoms with van der Waals surface area (Å²) in [5.41, 5.74) is 0.925. The molecule has 1 saturated heterocycles. The van der Waals surface area contributed by atoms with E-state index in [1.54, 1.807) is 0 Å². The molecule has 1 fully saturated rings. The Bertz CT molecular complexity index is 487. The molecule has 0 spiro atoms. The quantitative estimate of drug-likeness (QED) is 0.876. The third-order valence-electron chi connectivity index (χ3n) is 3.78. The number of amides is 1. The summed E-state index contributed by atoms with van der Waals surface area (Å²) in [4.78, 5) is 14.3. The lowest BCUT2D eigenvalue weighted by molar-refractivity contribution is -0.118. The lowest BCUT2D eigenvalue weighted by atomic mass is 10.2. The molecule has 2 unspecified atom stereocenters. The van der Waals surface area contributed by atoms with Crippen LogP contribution in [0.1, 0.15) is 40.5 Å². The maximum Gasteiger partial charge on any atom is 0.244 e. The van der Waals surface area contributed by atoms with E-state index in [1.165, 1.54) is 0 Å². The highest BCUT2D eigenvalue weighted by Crippen LogP contribution is 2.26. The van der Waals surface area contributed by atoms with Gasteiger partial charge in [0, 0.05) is 24.3 Å². The Labute approximate surface area is 127 Å². The first-order valence-electron chi connectivity index (χ1n) is 7.85. The Hall–Kier alpha value is -1.55. The zero-order valence-corrected chi connectivity index (χ0v) is 13.4. The van der Waals surface area contributed by atoms with E-state index in [4.69, 9.17) is 4.74 Å². The number of anilines is 1. The number of rotatable bonds is 6. The van der Waals surface area contributed by atoms with Gasteiger partial charge in [0.2, 0.25) is 5.91 Å². The van der Waals surface area contributed by atoms with E-state index in [1.807, 2.05) is 29.2 Å². The number of nitrogens with one attached hydrogen (secondary N) is 1. The van der Waals surface area contributed by atoms with Crippen LogP contribution in [0.3, 0.4) is 0 Å². The SMILES string of the molecule is CCC(C)Oc1cccc(N2CCC(NC(C)C)C2=O)c1. The Morgan fingerprint density at radius 1 is 1.38 bits per heavy atom. The van der Waals surface area contributed by atoms with Gasteiger partial charge in [-0.3, -0.25) is 4.79 Å². The fourth-order valence-electron chi connectivity index (χ4n) is 2.53. The average molecular weight is 290 g/mol. The van der Waals surface area contributed by atoms with Crippen molar-refractivity contribution in [3.63, 3.8) is 0 Å². The Balaban J connectivity index is 2.08. The van der Waals surface area contributed by atoms with Crippen LogP contribution in [0.5, 0.6) is 5.75 Å². The number of hydrogen-bond donors (Lipinski definition) is 1. The van der Waals surface area contributed by atoms with Crippen molar-refractivity contribution in [2.24, 2.45) is 0 Å². The van der Waals surface area contributed by atoms with Gasteiger partial charge in [-0.2, -0.15) is 0 Å². The topological polar surface area (TPSA) is 41.6 Å². The summed E-state index contributed by atoms with van der Waals surface area (Å²) >= 11 is 0. The van der Waals surface area contributed by atoms with E-state index >= 15 is 0 Å². The molecular formula is C17H26N2O2. The zero-order chi connectivity index (χ0) is 15.4. The van der Waals surface area contributed by atoms with Crippen molar-refractivity contribution in [2.75, 3.05) is 11.4 Å². The molecule has 1 heterocycles. The summed E-state index contributed by atoms with van der Waals surface area (Å²) in [6.45, 7) is 9.04. The summed E-state index contributed by atoms with van der Waals surface area (Å²) in [6, 6.07) is 8.08. The first-order valence-corrected chi connectivity index (χ1v) is 7.85. The fourth-order valence-corrected chi connectivity index (χ4v) is 2.53. The molecule has 21 heavy (non-hydrogen) atoms. The summed E-state index contributed by atoms with van der Waals surface area (Å²) in [5.74, 6) is 0.985. The summed E-state index contributed by atoms with van der Waals surface area (Å²) in [6.07, 6.45) is 2.01. The van der Waals surface area contributed by atoms with Gasteiger partial charge in [-0.05, 0) is 31.9 Å². The van der Waals surface area contributed by atoms with E-state index in [9.17, 15) is 4.79 Å². The second kappa shape index (κ2) is 6.94. The van der Waals surface area contributed by atoms with E-state index < -0.39 is 0 Å². The van der Waals surface area contributed by atoms with Gasteiger partial charge in [-0.25, -0.2) is 0 Å². The average Bonchev–Trinajstić information content (AvgIpc) is 2.80. The number of hydrogen-bond acceptors (Lipinski definition) is 3. The van der Waals surface area contributed by atoms with Crippen molar-refractivity contribution in [3.8, 4) is 5.75 Å². The molecule has 4 heteroatoms. The lowest BCUT2D eigenvalue weighted by Crippen LogP contribution is -2.41. The third kappa shape index (κ3) is 3.97. The Morgan fingerprint density at radius 2 is 2.14 bits per heavy atom. The molecule has 1 amide bonds. The van der Waals surface area contributed by atoms with Crippen molar-refractivity contribution < 1.29 is 9.53 Å². The summed E-state index contributed by atoms with van der Waals surface area (Å²) in [5, 5.41) is 3.32. The van der Waals surface area contributed by atoms with Crippen LogP contribution in [0.25, 0.3) is 0 Å². The summed E-state index contributed by atoms with van der Waals surface area (Å²) in [7, 11) is 0. The number of ether oxygens (including phenoxy) is 1. The molecule has 1 aromatic carbocycles. The van der Waals surface area contributed by atoms with Gasteiger partial charge < -0.3 is 15.0 Å². The van der Waals surface area contributed by atoms with Crippen molar-refractivity contribution in [1.82, 2.24) is 5.32 Å². The molecule has 0 radical (unpaired) electrons. The van der Waals surface area contributed by atoms with Gasteiger partial charge in [0.25, 0.3) is 0 Å². The van der Waals surface area contributed by atoms with E-state index in [-0.39, 0.29) is 18.1 Å². The second-order valence-corrected chi connectivity index (χ2v) is 5.99. The smallest absolute Gasteiger partial charge is 0.244 e. The number of nitrogens with zero attached hydrogens (tertiary/aromatic N) is 1. The molecule has 0 aliphatic carbocycles. The van der Waals surface area contributed by atoms with Gasteiger partial charge in [0.15, 0.2) is 0 Å². The van der Waals surface area contributed by atoms with Gasteiger partial charge in [-0.1, -0.05) is 26.8 Å². The van der Waals surface area contributed by atoms with Crippen molar-refractivity contribution in [1.29, 1.82) is 0 Å². The van der Waals surface area contributed by atoms with E-state index in [2.05, 4.69) is 33.0 Å². The van der Waals surface area contributed by atoms with Crippen LogP contribution in [0.4, 0.5) is 5.69 Å². The van der Waals surface area contributed by atoms with Gasteiger partial charge in [0.1, 0.15) is 5.75 Å². The van der Waals surface area contributed by atoms with Crippen LogP contribution in [0.2, 0.25) is 0 Å². The highest BCUT2D eigenvalue weighted by Gasteiger charge is 2.32. The third-order valence-corrected chi connectivity index (χ3v) is 3.78. The minimum atomic E-state index is -0.0656. The fraction of sp³-hybridized carbons (Fsp3) is 0.588. The Kier molecular flexibility index (Phi) is 5.23. The maximum absolute atomic E-state index is 12.5. The largest absolute Gasteiger partial charge is 0.491 e. The molecule has 2 rings (SSSR count). The maximum atomic E-state index is 12.5. The minimum Gasteiger partial charge on any atom is -0.491 e. The normalized spacial score (nSPS) is 20.1. The van der Waals surface area contributed by atoms with Crippen LogP contribution in [0.15, 0.2) is 24.3 Å². The standard InChI is InChI=1S/C17H26N2O2/c1-5-13(4)21-15-8-6-7-14(11-15)19-10-9-16(17(19)20)18-12(2)3/h6-8,11-13,16,18H,5,9-10H2,1-4H3. The molecule has 1 aromatic rings. The van der Waals surface area contributed by atoms with Gasteiger partial charge in [0.05, 0.1) is 12.1 Å². The van der Waals surface area contributed by atoms with Gasteiger partial charge in [-0.15, -0.1) is 0 Å². The van der Waals surface area contributed by atoms with Crippen LogP contribution in [-0.4, -0.2) is 30.6 Å². The van der Waals surface area contributed by atoms with Crippen LogP contribution in [0, 0.1) is 0 Å². The van der Waals surface area contributed by atoms with Crippen molar-refractivity contribution >= 4 is 11.6 Å². The predicted molar refractivity (Wildman–Crippen MR) is 85.9 cm³/mol. The molecule has 4 nitrogen and oxygen atoms in total. The molecule has 1 N–H and O–H groups in total. The highest BCUT2D eigenvalue weighted by molar-refractivity contribution is 5.99. The Morgan fingerprint density at radius 3 is 2.81 bits per heavy atom. The molecule has 0 aromatic heterocycles. The monoisotopic (exact) mass is 290 g/mol. The first-order chi connectivity index (χ1) is 10.0. The molecular weight excluding hydrogens is 264 g/mol. The molecule has 0 saturated carbocycles. The molecule has 2 atom stereocenters. The van der Waals surface area contributed by atoms with Crippen LogP contribution < -0.4 is 15.0 Å². The van der Waals surface area contributed by atoms with Crippen LogP contribution in [-0.2, 0) is 4.79 Å². The van der Waals surface area contributed by atoms with Gasteiger partial charge >= 0.3 is 0 Å². The number of carbonyl (C=O) groups excluding carboxylic acids is 1.